The zero-order chi connectivity index (χ0) is 29.2. The van der Waals surface area contributed by atoms with Crippen molar-refractivity contribution >= 4 is 5.91 Å². The Morgan fingerprint density at radius 2 is 1.73 bits per heavy atom. The molecule has 2 aliphatic rings. The number of rotatable bonds is 7. The lowest BCUT2D eigenvalue weighted by Gasteiger charge is -2.47. The number of ether oxygens (including phenoxy) is 1. The lowest BCUT2D eigenvalue weighted by atomic mass is 9.85. The average Bonchev–Trinajstić information content (AvgIpc) is 2.85. The highest BCUT2D eigenvalue weighted by molar-refractivity contribution is 5.82. The molecule has 1 saturated heterocycles. The number of piperazine rings is 1. The molecule has 1 aliphatic carbocycles. The summed E-state index contributed by atoms with van der Waals surface area (Å²) in [6.07, 6.45) is -5.58. The van der Waals surface area contributed by atoms with Gasteiger partial charge in [-0.15, -0.1) is 13.2 Å². The van der Waals surface area contributed by atoms with E-state index in [2.05, 4.69) is 28.8 Å². The van der Waals surface area contributed by atoms with Gasteiger partial charge in [-0.2, -0.15) is 0 Å². The lowest BCUT2D eigenvalue weighted by Crippen LogP contribution is -2.64. The van der Waals surface area contributed by atoms with E-state index in [0.717, 1.165) is 12.1 Å². The normalized spacial score (nSPS) is 22.4. The van der Waals surface area contributed by atoms with Crippen LogP contribution in [0.25, 0.3) is 11.1 Å². The third kappa shape index (κ3) is 7.25. The number of hydrogen-bond donors (Lipinski definition) is 1. The van der Waals surface area contributed by atoms with Crippen LogP contribution in [0.5, 0.6) is 5.75 Å². The number of benzene rings is 2. The number of halogens is 7. The fourth-order valence-electron chi connectivity index (χ4n) is 5.63. The van der Waals surface area contributed by atoms with Crippen molar-refractivity contribution in [2.45, 2.75) is 69.9 Å². The minimum atomic E-state index is -5.19. The van der Waals surface area contributed by atoms with Crippen molar-refractivity contribution in [1.82, 2.24) is 15.1 Å². The molecule has 4 rings (SSSR count). The Hall–Kier alpha value is -2.86. The summed E-state index contributed by atoms with van der Waals surface area (Å²) >= 11 is 0. The molecule has 40 heavy (non-hydrogen) atoms. The lowest BCUT2D eigenvalue weighted by molar-refractivity contribution is -0.274. The molecule has 2 aromatic rings. The Labute approximate surface area is 228 Å². The highest BCUT2D eigenvalue weighted by Gasteiger charge is 2.50. The number of alkyl halides is 5. The second-order valence-corrected chi connectivity index (χ2v) is 10.6. The fourth-order valence-corrected chi connectivity index (χ4v) is 5.63. The van der Waals surface area contributed by atoms with Crippen molar-refractivity contribution in [2.75, 3.05) is 26.2 Å². The third-order valence-corrected chi connectivity index (χ3v) is 7.55. The van der Waals surface area contributed by atoms with Gasteiger partial charge in [0.1, 0.15) is 23.4 Å². The molecule has 1 heterocycles. The highest BCUT2D eigenvalue weighted by Crippen LogP contribution is 2.39. The van der Waals surface area contributed by atoms with Crippen molar-refractivity contribution in [3.05, 3.63) is 53.6 Å². The molecule has 12 heteroatoms. The molecule has 0 spiro atoms. The van der Waals surface area contributed by atoms with Crippen molar-refractivity contribution in [3.63, 3.8) is 0 Å². The molecule has 0 radical (unpaired) electrons. The first-order valence-corrected chi connectivity index (χ1v) is 13.2. The largest absolute Gasteiger partial charge is 0.573 e. The first-order valence-electron chi connectivity index (χ1n) is 13.2. The maximum absolute atomic E-state index is 15.1. The number of carbonyl (C=O) groups is 1. The molecule has 5 nitrogen and oxygen atoms in total. The van der Waals surface area contributed by atoms with E-state index >= 15 is 8.78 Å². The van der Waals surface area contributed by atoms with Crippen LogP contribution < -0.4 is 10.1 Å². The van der Waals surface area contributed by atoms with Crippen LogP contribution in [0.4, 0.5) is 30.7 Å². The van der Waals surface area contributed by atoms with Crippen molar-refractivity contribution < 1.29 is 40.3 Å². The maximum atomic E-state index is 15.1. The topological polar surface area (TPSA) is 44.8 Å². The van der Waals surface area contributed by atoms with Gasteiger partial charge in [-0.05, 0) is 44.4 Å². The predicted molar refractivity (Wildman–Crippen MR) is 135 cm³/mol. The molecule has 2 aromatic carbocycles. The molecular weight excluding hydrogens is 543 g/mol. The van der Waals surface area contributed by atoms with E-state index in [0.29, 0.717) is 44.7 Å². The van der Waals surface area contributed by atoms with Crippen LogP contribution >= 0.6 is 0 Å². The summed E-state index contributed by atoms with van der Waals surface area (Å²) in [6.45, 7) is 6.63. The monoisotopic (exact) mass is 575 g/mol. The zero-order valence-corrected chi connectivity index (χ0v) is 22.2. The zero-order valence-electron chi connectivity index (χ0n) is 22.2. The SMILES string of the molecule is CC(C)N1CCN([C@H]2CCCC(F)(F)[C@@H]2NC(=O)Cc2cccc(-c3cc(F)cc(F)c3)c2OC(F)(F)F)CC1. The molecule has 2 atom stereocenters. The van der Waals surface area contributed by atoms with E-state index in [1.165, 1.54) is 18.2 Å². The number of nitrogens with one attached hydrogen (secondary N) is 1. The van der Waals surface area contributed by atoms with E-state index in [4.69, 9.17) is 0 Å². The second kappa shape index (κ2) is 11.9. The van der Waals surface area contributed by atoms with Crippen LogP contribution in [0.1, 0.15) is 38.7 Å². The number of amides is 1. The molecule has 1 saturated carbocycles. The van der Waals surface area contributed by atoms with Crippen molar-refractivity contribution in [2.24, 2.45) is 0 Å². The molecule has 2 fully saturated rings. The summed E-state index contributed by atoms with van der Waals surface area (Å²) in [7, 11) is 0. The summed E-state index contributed by atoms with van der Waals surface area (Å²) < 4.78 is 102. The molecule has 220 valence electrons. The smallest absolute Gasteiger partial charge is 0.405 e. The van der Waals surface area contributed by atoms with Gasteiger partial charge in [-0.1, -0.05) is 18.2 Å². The highest BCUT2D eigenvalue weighted by atomic mass is 19.4. The molecule has 0 aromatic heterocycles. The van der Waals surface area contributed by atoms with E-state index in [9.17, 15) is 26.7 Å². The van der Waals surface area contributed by atoms with Gasteiger partial charge in [0, 0.05) is 61.9 Å². The third-order valence-electron chi connectivity index (χ3n) is 7.55. The number of para-hydroxylation sites is 1. The fraction of sp³-hybridized carbons (Fsp3) is 0.536. The molecule has 1 N–H and O–H groups in total. The van der Waals surface area contributed by atoms with Gasteiger partial charge < -0.3 is 10.1 Å². The molecule has 1 aliphatic heterocycles. The maximum Gasteiger partial charge on any atom is 0.573 e. The summed E-state index contributed by atoms with van der Waals surface area (Å²) in [5, 5.41) is 2.41. The first-order chi connectivity index (χ1) is 18.7. The molecular formula is C28H32F7N3O2. The van der Waals surface area contributed by atoms with E-state index in [-0.39, 0.29) is 23.1 Å². The Kier molecular flexibility index (Phi) is 8.99. The van der Waals surface area contributed by atoms with Crippen molar-refractivity contribution in [3.8, 4) is 16.9 Å². The number of nitrogens with zero attached hydrogens (tertiary/aromatic N) is 2. The number of hydrogen-bond acceptors (Lipinski definition) is 4. The minimum Gasteiger partial charge on any atom is -0.405 e. The van der Waals surface area contributed by atoms with Crippen LogP contribution in [-0.4, -0.2) is 72.3 Å². The predicted octanol–water partition coefficient (Wildman–Crippen LogP) is 5.77. The molecule has 0 bridgehead atoms. The van der Waals surface area contributed by atoms with Crippen LogP contribution in [-0.2, 0) is 11.2 Å². The van der Waals surface area contributed by atoms with Gasteiger partial charge in [0.25, 0.3) is 5.92 Å². The van der Waals surface area contributed by atoms with Crippen LogP contribution in [0.2, 0.25) is 0 Å². The Bertz CT molecular complexity index is 1180. The van der Waals surface area contributed by atoms with Crippen molar-refractivity contribution in [1.29, 1.82) is 0 Å². The summed E-state index contributed by atoms with van der Waals surface area (Å²) in [6, 6.07) is 4.04. The van der Waals surface area contributed by atoms with Crippen LogP contribution in [0.3, 0.4) is 0 Å². The minimum absolute atomic E-state index is 0.238. The Morgan fingerprint density at radius 1 is 1.07 bits per heavy atom. The molecule has 1 amide bonds. The van der Waals surface area contributed by atoms with Gasteiger partial charge >= 0.3 is 6.36 Å². The summed E-state index contributed by atoms with van der Waals surface area (Å²) in [5.74, 6) is -6.98. The van der Waals surface area contributed by atoms with Gasteiger partial charge in [-0.25, -0.2) is 17.6 Å². The van der Waals surface area contributed by atoms with Crippen LogP contribution in [0, 0.1) is 11.6 Å². The van der Waals surface area contributed by atoms with Gasteiger partial charge in [0.05, 0.1) is 6.42 Å². The van der Waals surface area contributed by atoms with Gasteiger partial charge in [0.2, 0.25) is 5.91 Å². The summed E-state index contributed by atoms with van der Waals surface area (Å²) in [5.41, 5.74) is -0.804. The van der Waals surface area contributed by atoms with E-state index < -0.39 is 60.5 Å². The summed E-state index contributed by atoms with van der Waals surface area (Å²) in [4.78, 5) is 17.3. The van der Waals surface area contributed by atoms with Gasteiger partial charge in [0.15, 0.2) is 0 Å². The van der Waals surface area contributed by atoms with Gasteiger partial charge in [-0.3, -0.25) is 14.6 Å². The average molecular weight is 576 g/mol. The quantitative estimate of drug-likeness (QED) is 0.426. The molecule has 0 unspecified atom stereocenters. The number of carbonyl (C=O) groups excluding carboxylic acids is 1. The van der Waals surface area contributed by atoms with E-state index in [1.54, 1.807) is 0 Å². The van der Waals surface area contributed by atoms with E-state index in [1.807, 2.05) is 4.90 Å². The first kappa shape index (κ1) is 30.1. The Balaban J connectivity index is 1.58. The second-order valence-electron chi connectivity index (χ2n) is 10.6. The van der Waals surface area contributed by atoms with Crippen LogP contribution in [0.15, 0.2) is 36.4 Å². The Morgan fingerprint density at radius 3 is 2.33 bits per heavy atom. The standard InChI is InChI=1S/C28H32F7N3O2/c1-17(2)37-9-11-38(12-10-37)23-7-4-8-27(31,32)26(23)36-24(39)15-18-5-3-6-22(25(18)40-28(33,34)35)19-13-20(29)16-21(30)14-19/h3,5-6,13-14,16-17,23,26H,4,7-12,15H2,1-2H3,(H,36,39)/t23-,26+/m0/s1.